The number of hydrogen-bond acceptors (Lipinski definition) is 5. The van der Waals surface area contributed by atoms with Crippen molar-refractivity contribution in [1.82, 2.24) is 10.2 Å². The van der Waals surface area contributed by atoms with Gasteiger partial charge in [0, 0.05) is 12.2 Å². The molecule has 1 unspecified atom stereocenters. The van der Waals surface area contributed by atoms with Crippen LogP contribution < -0.4 is 15.4 Å². The number of hydrogen-bond donors (Lipinski definition) is 2. The molecule has 2 aromatic rings. The molecule has 1 atom stereocenters. The number of alkyl carbamates (subject to hydrolysis) is 1. The molecule has 0 saturated heterocycles. The normalized spacial score (nSPS) is 11.9. The van der Waals surface area contributed by atoms with Gasteiger partial charge < -0.3 is 25.0 Å². The van der Waals surface area contributed by atoms with Crippen LogP contribution in [0.1, 0.15) is 76.1 Å². The van der Waals surface area contributed by atoms with Crippen molar-refractivity contribution in [2.24, 2.45) is 0 Å². The van der Waals surface area contributed by atoms with E-state index in [2.05, 4.69) is 17.6 Å². The molecule has 0 aromatic heterocycles. The number of rotatable bonds is 12. The van der Waals surface area contributed by atoms with E-state index < -0.39 is 17.7 Å². The third-order valence-corrected chi connectivity index (χ3v) is 6.12. The number of aryl methyl sites for hydroxylation is 2. The fraction of sp³-hybridized carbons (Fsp3) is 0.500. The van der Waals surface area contributed by atoms with Gasteiger partial charge in [0.05, 0.1) is 7.11 Å². The molecule has 0 radical (unpaired) electrons. The fourth-order valence-electron chi connectivity index (χ4n) is 3.96. The van der Waals surface area contributed by atoms with Crippen molar-refractivity contribution in [3.05, 3.63) is 59.2 Å². The molecule has 0 saturated carbocycles. The summed E-state index contributed by atoms with van der Waals surface area (Å²) in [4.78, 5) is 41.1. The highest BCUT2D eigenvalue weighted by atomic mass is 16.6. The summed E-state index contributed by atoms with van der Waals surface area (Å²) in [5, 5.41) is 5.51. The lowest BCUT2D eigenvalue weighted by atomic mass is 9.98. The number of carbonyl (C=O) groups is 3. The summed E-state index contributed by atoms with van der Waals surface area (Å²) in [7, 11) is 1.58. The molecule has 8 heteroatoms. The second-order valence-corrected chi connectivity index (χ2v) is 10.5. The summed E-state index contributed by atoms with van der Waals surface area (Å²) in [6.07, 6.45) is 3.07. The van der Waals surface area contributed by atoms with Gasteiger partial charge in [-0.1, -0.05) is 44.4 Å². The predicted octanol–water partition coefficient (Wildman–Crippen LogP) is 5.93. The molecule has 0 heterocycles. The SMILES string of the molecule is CCCCCCN(C(=O)CNC(=O)OC(C)(C)C)C(C(=O)Nc1ccc(OC)cc1)c1ccc(C)c(C)c1. The number of methoxy groups -OCH3 is 1. The van der Waals surface area contributed by atoms with E-state index in [1.54, 1.807) is 57.0 Å². The van der Waals surface area contributed by atoms with E-state index >= 15 is 0 Å². The topological polar surface area (TPSA) is 97.0 Å². The number of amides is 3. The quantitative estimate of drug-likeness (QED) is 0.335. The van der Waals surface area contributed by atoms with E-state index in [1.807, 2.05) is 32.0 Å². The van der Waals surface area contributed by atoms with Gasteiger partial charge in [-0.2, -0.15) is 0 Å². The van der Waals surface area contributed by atoms with Gasteiger partial charge in [-0.3, -0.25) is 9.59 Å². The molecule has 0 spiro atoms. The number of anilines is 1. The highest BCUT2D eigenvalue weighted by molar-refractivity contribution is 5.98. The molecular weight excluding hydrogens is 482 g/mol. The Kier molecular flexibility index (Phi) is 11.6. The van der Waals surface area contributed by atoms with Crippen LogP contribution in [0.3, 0.4) is 0 Å². The van der Waals surface area contributed by atoms with Crippen LogP contribution in [0.4, 0.5) is 10.5 Å². The molecular formula is C30H43N3O5. The third-order valence-electron chi connectivity index (χ3n) is 6.12. The Bertz CT molecular complexity index is 1080. The van der Waals surface area contributed by atoms with Gasteiger partial charge in [-0.15, -0.1) is 0 Å². The van der Waals surface area contributed by atoms with Gasteiger partial charge in [-0.25, -0.2) is 4.79 Å². The summed E-state index contributed by atoms with van der Waals surface area (Å²) in [6, 6.07) is 11.9. The number of nitrogens with zero attached hydrogens (tertiary/aromatic N) is 1. The van der Waals surface area contributed by atoms with Crippen molar-refractivity contribution < 1.29 is 23.9 Å². The highest BCUT2D eigenvalue weighted by Gasteiger charge is 2.32. The molecule has 2 aromatic carbocycles. The van der Waals surface area contributed by atoms with Gasteiger partial charge in [0.25, 0.3) is 5.91 Å². The van der Waals surface area contributed by atoms with Crippen LogP contribution in [-0.2, 0) is 14.3 Å². The second kappa shape index (κ2) is 14.4. The first-order chi connectivity index (χ1) is 17.9. The van der Waals surface area contributed by atoms with Gasteiger partial charge in [0.15, 0.2) is 0 Å². The van der Waals surface area contributed by atoms with Crippen LogP contribution in [0.25, 0.3) is 0 Å². The molecule has 3 amide bonds. The summed E-state index contributed by atoms with van der Waals surface area (Å²) < 4.78 is 10.5. The van der Waals surface area contributed by atoms with Gasteiger partial charge in [0.2, 0.25) is 5.91 Å². The van der Waals surface area contributed by atoms with E-state index in [0.717, 1.165) is 36.8 Å². The summed E-state index contributed by atoms with van der Waals surface area (Å²) in [5.74, 6) is -0.0188. The van der Waals surface area contributed by atoms with Crippen molar-refractivity contribution in [3.63, 3.8) is 0 Å². The lowest BCUT2D eigenvalue weighted by Crippen LogP contribution is -2.47. The average Bonchev–Trinajstić information content (AvgIpc) is 2.85. The maximum atomic E-state index is 13.8. The molecule has 0 aliphatic rings. The van der Waals surface area contributed by atoms with E-state index in [4.69, 9.17) is 9.47 Å². The summed E-state index contributed by atoms with van der Waals surface area (Å²) >= 11 is 0. The summed E-state index contributed by atoms with van der Waals surface area (Å²) in [6.45, 7) is 11.5. The largest absolute Gasteiger partial charge is 0.497 e. The van der Waals surface area contributed by atoms with Crippen molar-refractivity contribution >= 4 is 23.6 Å². The van der Waals surface area contributed by atoms with Gasteiger partial charge in [0.1, 0.15) is 23.9 Å². The van der Waals surface area contributed by atoms with Crippen molar-refractivity contribution in [1.29, 1.82) is 0 Å². The fourth-order valence-corrected chi connectivity index (χ4v) is 3.96. The summed E-state index contributed by atoms with van der Waals surface area (Å²) in [5.41, 5.74) is 2.73. The van der Waals surface area contributed by atoms with Crippen LogP contribution in [0.2, 0.25) is 0 Å². The maximum absolute atomic E-state index is 13.8. The highest BCUT2D eigenvalue weighted by Crippen LogP contribution is 2.27. The molecule has 2 rings (SSSR count). The van der Waals surface area contributed by atoms with Crippen molar-refractivity contribution in [2.75, 3.05) is 25.5 Å². The Morgan fingerprint density at radius 1 is 0.947 bits per heavy atom. The van der Waals surface area contributed by atoms with E-state index in [0.29, 0.717) is 23.5 Å². The van der Waals surface area contributed by atoms with Crippen LogP contribution in [-0.4, -0.2) is 48.6 Å². The number of unbranched alkanes of at least 4 members (excludes halogenated alkanes) is 3. The number of nitrogens with one attached hydrogen (secondary N) is 2. The zero-order valence-corrected chi connectivity index (χ0v) is 23.8. The van der Waals surface area contributed by atoms with Crippen LogP contribution in [0, 0.1) is 13.8 Å². The molecule has 8 nitrogen and oxygen atoms in total. The van der Waals surface area contributed by atoms with Crippen LogP contribution >= 0.6 is 0 Å². The molecule has 0 aliphatic heterocycles. The lowest BCUT2D eigenvalue weighted by molar-refractivity contribution is -0.138. The van der Waals surface area contributed by atoms with E-state index in [1.165, 1.54) is 0 Å². The maximum Gasteiger partial charge on any atom is 0.408 e. The Hall–Kier alpha value is -3.55. The molecule has 208 valence electrons. The minimum absolute atomic E-state index is 0.278. The van der Waals surface area contributed by atoms with Crippen LogP contribution in [0.5, 0.6) is 5.75 Å². The predicted molar refractivity (Wildman–Crippen MR) is 150 cm³/mol. The Morgan fingerprint density at radius 2 is 1.63 bits per heavy atom. The van der Waals surface area contributed by atoms with Crippen LogP contribution in [0.15, 0.2) is 42.5 Å². The smallest absolute Gasteiger partial charge is 0.408 e. The first kappa shape index (κ1) is 30.7. The molecule has 0 aliphatic carbocycles. The molecule has 0 bridgehead atoms. The Morgan fingerprint density at radius 3 is 2.21 bits per heavy atom. The monoisotopic (exact) mass is 525 g/mol. The average molecular weight is 526 g/mol. The standard InChI is InChI=1S/C30H43N3O5/c1-8-9-10-11-18-33(26(34)20-31-29(36)38-30(4,5)6)27(23-13-12-21(2)22(3)19-23)28(35)32-24-14-16-25(37-7)17-15-24/h12-17,19,27H,8-11,18,20H2,1-7H3,(H,31,36)(H,32,35). The van der Waals surface area contributed by atoms with Gasteiger partial charge in [-0.05, 0) is 82.0 Å². The van der Waals surface area contributed by atoms with Gasteiger partial charge >= 0.3 is 6.09 Å². The first-order valence-corrected chi connectivity index (χ1v) is 13.2. The zero-order valence-electron chi connectivity index (χ0n) is 23.8. The third kappa shape index (κ3) is 9.72. The molecule has 38 heavy (non-hydrogen) atoms. The van der Waals surface area contributed by atoms with Crippen molar-refractivity contribution in [3.8, 4) is 5.75 Å². The number of ether oxygens (including phenoxy) is 2. The number of carbonyl (C=O) groups excluding carboxylic acids is 3. The molecule has 0 fully saturated rings. The lowest BCUT2D eigenvalue weighted by Gasteiger charge is -2.32. The van der Waals surface area contributed by atoms with Crippen molar-refractivity contribution in [2.45, 2.75) is 78.9 Å². The second-order valence-electron chi connectivity index (χ2n) is 10.5. The number of benzene rings is 2. The minimum atomic E-state index is -0.883. The Balaban J connectivity index is 2.39. The first-order valence-electron chi connectivity index (χ1n) is 13.2. The molecule has 2 N–H and O–H groups in total. The minimum Gasteiger partial charge on any atom is -0.497 e. The Labute approximate surface area is 227 Å². The zero-order chi connectivity index (χ0) is 28.3. The van der Waals surface area contributed by atoms with E-state index in [-0.39, 0.29) is 18.4 Å². The van der Waals surface area contributed by atoms with E-state index in [9.17, 15) is 14.4 Å².